The molecule has 0 bridgehead atoms. The average Bonchev–Trinajstić information content (AvgIpc) is 3.10. The van der Waals surface area contributed by atoms with E-state index in [9.17, 15) is 9.59 Å². The molecular formula is C20H19N5O2S2. The number of rotatable bonds is 6. The van der Waals surface area contributed by atoms with Crippen LogP contribution in [0.4, 0.5) is 5.82 Å². The first-order chi connectivity index (χ1) is 14.1. The monoisotopic (exact) mass is 425 g/mol. The lowest BCUT2D eigenvalue weighted by Crippen LogP contribution is -2.28. The first-order valence-electron chi connectivity index (χ1n) is 9.45. The smallest absolute Gasteiger partial charge is 0.263 e. The van der Waals surface area contributed by atoms with Crippen LogP contribution in [-0.4, -0.2) is 25.2 Å². The number of nitrogens with zero attached hydrogens (tertiary/aromatic N) is 4. The second kappa shape index (κ2) is 7.23. The van der Waals surface area contributed by atoms with E-state index >= 15 is 0 Å². The zero-order valence-electron chi connectivity index (χ0n) is 15.7. The lowest BCUT2D eigenvalue weighted by Gasteiger charge is -2.15. The highest BCUT2D eigenvalue weighted by Gasteiger charge is 2.30. The number of aromatic nitrogens is 4. The van der Waals surface area contributed by atoms with Crippen LogP contribution >= 0.6 is 22.7 Å². The van der Waals surface area contributed by atoms with E-state index in [2.05, 4.69) is 22.3 Å². The van der Waals surface area contributed by atoms with Gasteiger partial charge in [0, 0.05) is 21.9 Å². The minimum atomic E-state index is -0.272. The molecule has 0 saturated heterocycles. The van der Waals surface area contributed by atoms with Crippen molar-refractivity contribution >= 4 is 44.6 Å². The Morgan fingerprint density at radius 1 is 1.34 bits per heavy atom. The number of hydrogen-bond donors (Lipinski definition) is 1. The van der Waals surface area contributed by atoms with E-state index in [1.165, 1.54) is 35.1 Å². The molecule has 4 heterocycles. The maximum Gasteiger partial charge on any atom is 0.263 e. The number of carbonyl (C=O) groups is 1. The van der Waals surface area contributed by atoms with Gasteiger partial charge in [-0.1, -0.05) is 6.07 Å². The predicted octanol–water partition coefficient (Wildman–Crippen LogP) is 3.99. The number of hydrogen-bond acceptors (Lipinski definition) is 6. The summed E-state index contributed by atoms with van der Waals surface area (Å²) in [4.78, 5) is 31.8. The van der Waals surface area contributed by atoms with Gasteiger partial charge >= 0.3 is 0 Å². The fourth-order valence-corrected chi connectivity index (χ4v) is 5.27. The molecule has 1 fully saturated rings. The SMILES string of the molecule is CC(C1CC1)n1nccc1NC(=O)Cn1cnc2scc(-c3cccs3)c2c1=O. The van der Waals surface area contributed by atoms with Crippen LogP contribution in [0.15, 0.2) is 46.3 Å². The van der Waals surface area contributed by atoms with E-state index in [0.717, 1.165) is 10.4 Å². The van der Waals surface area contributed by atoms with Crippen LogP contribution in [0.1, 0.15) is 25.8 Å². The zero-order chi connectivity index (χ0) is 20.0. The Kier molecular flexibility index (Phi) is 4.56. The molecule has 1 atom stereocenters. The van der Waals surface area contributed by atoms with E-state index in [1.54, 1.807) is 23.6 Å². The Morgan fingerprint density at radius 3 is 2.97 bits per heavy atom. The summed E-state index contributed by atoms with van der Waals surface area (Å²) in [6.07, 6.45) is 5.53. The fraction of sp³-hybridized carbons (Fsp3) is 0.300. The van der Waals surface area contributed by atoms with Gasteiger partial charge in [-0.3, -0.25) is 14.2 Å². The average molecular weight is 426 g/mol. The van der Waals surface area contributed by atoms with Crippen LogP contribution in [0.5, 0.6) is 0 Å². The molecule has 0 aliphatic heterocycles. The summed E-state index contributed by atoms with van der Waals surface area (Å²) < 4.78 is 3.22. The summed E-state index contributed by atoms with van der Waals surface area (Å²) >= 11 is 3.02. The summed E-state index contributed by atoms with van der Waals surface area (Å²) in [6.45, 7) is 2.02. The Hall–Kier alpha value is -2.78. The summed E-state index contributed by atoms with van der Waals surface area (Å²) in [6, 6.07) is 5.98. The van der Waals surface area contributed by atoms with Crippen molar-refractivity contribution in [3.63, 3.8) is 0 Å². The highest BCUT2D eigenvalue weighted by atomic mass is 32.1. The van der Waals surface area contributed by atoms with Crippen molar-refractivity contribution in [2.24, 2.45) is 5.92 Å². The molecule has 0 aromatic carbocycles. The molecule has 0 spiro atoms. The largest absolute Gasteiger partial charge is 0.309 e. The lowest BCUT2D eigenvalue weighted by molar-refractivity contribution is -0.116. The van der Waals surface area contributed by atoms with Crippen molar-refractivity contribution in [3.05, 3.63) is 51.8 Å². The predicted molar refractivity (Wildman–Crippen MR) is 115 cm³/mol. The lowest BCUT2D eigenvalue weighted by atomic mass is 10.2. The van der Waals surface area contributed by atoms with Crippen LogP contribution in [0.2, 0.25) is 0 Å². The summed E-state index contributed by atoms with van der Waals surface area (Å²) in [5.41, 5.74) is 0.679. The van der Waals surface area contributed by atoms with Gasteiger partial charge < -0.3 is 5.32 Å². The van der Waals surface area contributed by atoms with Crippen LogP contribution < -0.4 is 10.9 Å². The molecule has 1 aliphatic carbocycles. The Labute approximate surface area is 174 Å². The number of carbonyl (C=O) groups excluding carboxylic acids is 1. The normalized spacial score (nSPS) is 14.9. The molecule has 1 saturated carbocycles. The molecule has 1 amide bonds. The quantitative estimate of drug-likeness (QED) is 0.506. The Morgan fingerprint density at radius 2 is 2.21 bits per heavy atom. The van der Waals surface area contributed by atoms with Gasteiger partial charge in [0.25, 0.3) is 5.56 Å². The number of thiophene rings is 2. The molecule has 5 rings (SSSR count). The van der Waals surface area contributed by atoms with Gasteiger partial charge in [-0.2, -0.15) is 5.10 Å². The molecule has 4 aromatic rings. The Balaban J connectivity index is 1.40. The maximum absolute atomic E-state index is 13.1. The third-order valence-electron chi connectivity index (χ3n) is 5.29. The third kappa shape index (κ3) is 3.40. The van der Waals surface area contributed by atoms with Crippen LogP contribution in [0.3, 0.4) is 0 Å². The van der Waals surface area contributed by atoms with E-state index in [0.29, 0.717) is 22.0 Å². The molecule has 0 radical (unpaired) electrons. The van der Waals surface area contributed by atoms with Crippen LogP contribution in [0.25, 0.3) is 20.7 Å². The molecule has 148 valence electrons. The first-order valence-corrected chi connectivity index (χ1v) is 11.2. The van der Waals surface area contributed by atoms with Crippen molar-refractivity contribution in [1.29, 1.82) is 0 Å². The second-order valence-electron chi connectivity index (χ2n) is 7.27. The van der Waals surface area contributed by atoms with Crippen molar-refractivity contribution in [2.45, 2.75) is 32.4 Å². The molecule has 7 nitrogen and oxygen atoms in total. The fourth-order valence-electron chi connectivity index (χ4n) is 3.55. The number of fused-ring (bicyclic) bond motifs is 1. The van der Waals surface area contributed by atoms with E-state index in [-0.39, 0.29) is 24.1 Å². The van der Waals surface area contributed by atoms with E-state index < -0.39 is 0 Å². The first kappa shape index (κ1) is 18.3. The minimum Gasteiger partial charge on any atom is -0.309 e. The van der Waals surface area contributed by atoms with Crippen molar-refractivity contribution in [3.8, 4) is 10.4 Å². The van der Waals surface area contributed by atoms with Crippen molar-refractivity contribution in [2.75, 3.05) is 5.32 Å². The Bertz CT molecular complexity index is 1230. The summed E-state index contributed by atoms with van der Waals surface area (Å²) in [5.74, 6) is 1.01. The van der Waals surface area contributed by atoms with Gasteiger partial charge in [-0.25, -0.2) is 9.67 Å². The second-order valence-corrected chi connectivity index (χ2v) is 9.08. The summed E-state index contributed by atoms with van der Waals surface area (Å²) in [5, 5.41) is 11.7. The van der Waals surface area contributed by atoms with Crippen molar-refractivity contribution < 1.29 is 4.79 Å². The molecule has 9 heteroatoms. The molecule has 1 aliphatic rings. The van der Waals surface area contributed by atoms with Crippen molar-refractivity contribution in [1.82, 2.24) is 19.3 Å². The molecule has 29 heavy (non-hydrogen) atoms. The highest BCUT2D eigenvalue weighted by molar-refractivity contribution is 7.18. The van der Waals surface area contributed by atoms with Gasteiger partial charge in [0.15, 0.2) is 0 Å². The van der Waals surface area contributed by atoms with Gasteiger partial charge in [0.05, 0.1) is 24.0 Å². The zero-order valence-corrected chi connectivity index (χ0v) is 17.4. The maximum atomic E-state index is 13.1. The summed E-state index contributed by atoms with van der Waals surface area (Å²) in [7, 11) is 0. The molecule has 4 aromatic heterocycles. The standard InChI is InChI=1S/C20H19N5O2S2/c1-12(13-4-5-13)25-16(6-7-22-25)23-17(26)9-24-11-21-19-18(20(24)27)14(10-29-19)15-3-2-8-28-15/h2-3,6-8,10-13H,4-5,9H2,1H3,(H,23,26). The molecular weight excluding hydrogens is 406 g/mol. The highest BCUT2D eigenvalue weighted by Crippen LogP contribution is 2.40. The molecule has 1 unspecified atom stereocenters. The van der Waals surface area contributed by atoms with Crippen LogP contribution in [0, 0.1) is 5.92 Å². The third-order valence-corrected chi connectivity index (χ3v) is 7.08. The minimum absolute atomic E-state index is 0.0928. The van der Waals surface area contributed by atoms with E-state index in [1.807, 2.05) is 27.6 Å². The molecule has 1 N–H and O–H groups in total. The van der Waals surface area contributed by atoms with Gasteiger partial charge in [0.1, 0.15) is 17.2 Å². The number of amides is 1. The van der Waals surface area contributed by atoms with Gasteiger partial charge in [0.2, 0.25) is 5.91 Å². The van der Waals surface area contributed by atoms with Gasteiger partial charge in [-0.15, -0.1) is 22.7 Å². The number of nitrogens with one attached hydrogen (secondary N) is 1. The topological polar surface area (TPSA) is 81.8 Å². The number of anilines is 1. The van der Waals surface area contributed by atoms with E-state index in [4.69, 9.17) is 0 Å². The van der Waals surface area contributed by atoms with Gasteiger partial charge in [-0.05, 0) is 37.1 Å². The van der Waals surface area contributed by atoms with Crippen LogP contribution in [-0.2, 0) is 11.3 Å².